The van der Waals surface area contributed by atoms with Gasteiger partial charge in [0.1, 0.15) is 6.61 Å². The number of hydrazone groups is 1. The molecule has 6 nitrogen and oxygen atoms in total. The summed E-state index contributed by atoms with van der Waals surface area (Å²) in [6.45, 7) is 2.35. The highest BCUT2D eigenvalue weighted by Gasteiger charge is 2.13. The topological polar surface area (TPSA) is 64.8 Å². The number of ether oxygens (including phenoxy) is 2. The summed E-state index contributed by atoms with van der Waals surface area (Å²) in [5, 5.41) is 4.78. The Labute approximate surface area is 252 Å². The first kappa shape index (κ1) is 28.2. The number of aromatic nitrogens is 1. The number of aryl methyl sites for hydroxylation is 1. The number of methoxy groups -OCH3 is 1. The lowest BCUT2D eigenvalue weighted by atomic mass is 10.1. The highest BCUT2D eigenvalue weighted by atomic mass is 79.9. The number of rotatable bonds is 9. The number of carbonyl (C=O) groups excluding carboxylic acids is 1. The molecular weight excluding hydrogens is 602 g/mol. The van der Waals surface area contributed by atoms with Gasteiger partial charge in [0.05, 0.1) is 23.5 Å². The molecule has 0 fully saturated rings. The van der Waals surface area contributed by atoms with Crippen LogP contribution in [0, 0.1) is 6.92 Å². The smallest absolute Gasteiger partial charge is 0.271 e. The van der Waals surface area contributed by atoms with Gasteiger partial charge in [0.2, 0.25) is 0 Å². The number of nitrogens with one attached hydrogen (secondary N) is 1. The molecule has 0 radical (unpaired) electrons. The molecule has 206 valence electrons. The van der Waals surface area contributed by atoms with E-state index in [1.807, 2.05) is 60.7 Å². The van der Waals surface area contributed by atoms with Crippen molar-refractivity contribution in [3.05, 3.63) is 135 Å². The van der Waals surface area contributed by atoms with Crippen molar-refractivity contribution in [2.45, 2.75) is 13.5 Å². The Morgan fingerprint density at radius 2 is 1.71 bits per heavy atom. The molecule has 0 aliphatic carbocycles. The number of halogens is 2. The number of amides is 1. The Hall–Kier alpha value is -4.33. The van der Waals surface area contributed by atoms with Crippen LogP contribution >= 0.6 is 27.5 Å². The average molecular weight is 629 g/mol. The zero-order chi connectivity index (χ0) is 28.8. The van der Waals surface area contributed by atoms with Crippen LogP contribution in [0.1, 0.15) is 27.2 Å². The third-order valence-electron chi connectivity index (χ3n) is 6.49. The zero-order valence-electron chi connectivity index (χ0n) is 22.5. The van der Waals surface area contributed by atoms with Crippen molar-refractivity contribution in [1.29, 1.82) is 0 Å². The summed E-state index contributed by atoms with van der Waals surface area (Å²) in [5.74, 6) is 0.748. The summed E-state index contributed by atoms with van der Waals surface area (Å²) >= 11 is 9.79. The highest BCUT2D eigenvalue weighted by Crippen LogP contribution is 2.37. The van der Waals surface area contributed by atoms with Crippen LogP contribution in [0.4, 0.5) is 0 Å². The molecule has 5 aromatic rings. The molecule has 8 heteroatoms. The van der Waals surface area contributed by atoms with E-state index in [1.54, 1.807) is 31.5 Å². The number of hydrogen-bond acceptors (Lipinski definition) is 4. The van der Waals surface area contributed by atoms with Crippen molar-refractivity contribution in [3.8, 4) is 28.4 Å². The van der Waals surface area contributed by atoms with Gasteiger partial charge in [-0.2, -0.15) is 5.10 Å². The summed E-state index contributed by atoms with van der Waals surface area (Å²) < 4.78 is 14.4. The van der Waals surface area contributed by atoms with Crippen LogP contribution in [0.2, 0.25) is 5.02 Å². The molecule has 0 spiro atoms. The van der Waals surface area contributed by atoms with Gasteiger partial charge in [-0.15, -0.1) is 0 Å². The summed E-state index contributed by atoms with van der Waals surface area (Å²) in [6, 6.07) is 33.0. The van der Waals surface area contributed by atoms with E-state index in [2.05, 4.69) is 62.2 Å². The first-order chi connectivity index (χ1) is 19.9. The maximum Gasteiger partial charge on any atom is 0.271 e. The van der Waals surface area contributed by atoms with E-state index in [9.17, 15) is 4.79 Å². The Morgan fingerprint density at radius 3 is 2.44 bits per heavy atom. The predicted octanol–water partition coefficient (Wildman–Crippen LogP) is 8.22. The van der Waals surface area contributed by atoms with Crippen LogP contribution in [0.5, 0.6) is 11.5 Å². The number of hydrogen-bond donors (Lipinski definition) is 1. The maximum atomic E-state index is 12.8. The maximum absolute atomic E-state index is 12.8. The Morgan fingerprint density at radius 1 is 0.976 bits per heavy atom. The zero-order valence-corrected chi connectivity index (χ0v) is 24.8. The van der Waals surface area contributed by atoms with Crippen LogP contribution < -0.4 is 14.9 Å². The molecule has 0 aliphatic rings. The third-order valence-corrected chi connectivity index (χ3v) is 7.45. The third kappa shape index (κ3) is 6.53. The van der Waals surface area contributed by atoms with Crippen molar-refractivity contribution in [2.75, 3.05) is 7.11 Å². The molecule has 1 N–H and O–H groups in total. The Kier molecular flexibility index (Phi) is 8.87. The van der Waals surface area contributed by atoms with Gasteiger partial charge in [0, 0.05) is 27.5 Å². The standard InChI is InChI=1S/C33H27BrClN3O3/c1-22-12-17-30(24-8-4-3-5-9-24)38(22)27-15-13-25(14-16-27)33(39)37-36-20-23-18-28(34)32(31(19-23)40-2)41-21-26-10-6-7-11-29(26)35/h3-20H,21H2,1-2H3,(H,37,39)/b36-20-. The summed E-state index contributed by atoms with van der Waals surface area (Å²) in [7, 11) is 1.56. The lowest BCUT2D eigenvalue weighted by Gasteiger charge is -2.14. The molecule has 1 aromatic heterocycles. The fourth-order valence-electron chi connectivity index (χ4n) is 4.43. The molecule has 0 atom stereocenters. The SMILES string of the molecule is COc1cc(/C=N\NC(=O)c2ccc(-n3c(C)ccc3-c3ccccc3)cc2)cc(Br)c1OCc1ccccc1Cl. The van der Waals surface area contributed by atoms with E-state index in [4.69, 9.17) is 21.1 Å². The van der Waals surface area contributed by atoms with Crippen molar-refractivity contribution in [3.63, 3.8) is 0 Å². The molecule has 41 heavy (non-hydrogen) atoms. The lowest BCUT2D eigenvalue weighted by Crippen LogP contribution is -2.17. The van der Waals surface area contributed by atoms with Gasteiger partial charge in [0.25, 0.3) is 5.91 Å². The van der Waals surface area contributed by atoms with Gasteiger partial charge in [-0.25, -0.2) is 5.43 Å². The first-order valence-corrected chi connectivity index (χ1v) is 14.0. The quantitative estimate of drug-likeness (QED) is 0.132. The Bertz CT molecular complexity index is 1700. The molecule has 0 aliphatic heterocycles. The lowest BCUT2D eigenvalue weighted by molar-refractivity contribution is 0.0955. The van der Waals surface area contributed by atoms with Gasteiger partial charge in [-0.05, 0) is 88.6 Å². The van der Waals surface area contributed by atoms with E-state index in [0.29, 0.717) is 32.1 Å². The van der Waals surface area contributed by atoms with E-state index in [-0.39, 0.29) is 12.5 Å². The molecule has 0 unspecified atom stereocenters. The predicted molar refractivity (Wildman–Crippen MR) is 167 cm³/mol. The largest absolute Gasteiger partial charge is 0.493 e. The molecular formula is C33H27BrClN3O3. The van der Waals surface area contributed by atoms with Crippen molar-refractivity contribution >= 4 is 39.7 Å². The van der Waals surface area contributed by atoms with Gasteiger partial charge in [0.15, 0.2) is 11.5 Å². The monoisotopic (exact) mass is 627 g/mol. The van der Waals surface area contributed by atoms with Crippen LogP contribution in [0.3, 0.4) is 0 Å². The van der Waals surface area contributed by atoms with Gasteiger partial charge in [-0.3, -0.25) is 4.79 Å². The van der Waals surface area contributed by atoms with E-state index in [1.165, 1.54) is 0 Å². The second kappa shape index (κ2) is 12.9. The minimum Gasteiger partial charge on any atom is -0.493 e. The van der Waals surface area contributed by atoms with Crippen molar-refractivity contribution in [2.24, 2.45) is 5.10 Å². The number of nitrogens with zero attached hydrogens (tertiary/aromatic N) is 2. The van der Waals surface area contributed by atoms with Gasteiger partial charge < -0.3 is 14.0 Å². The Balaban J connectivity index is 1.25. The van der Waals surface area contributed by atoms with Crippen molar-refractivity contribution in [1.82, 2.24) is 9.99 Å². The van der Waals surface area contributed by atoms with E-state index < -0.39 is 0 Å². The molecule has 1 amide bonds. The summed E-state index contributed by atoms with van der Waals surface area (Å²) in [5.41, 5.74) is 8.97. The highest BCUT2D eigenvalue weighted by molar-refractivity contribution is 9.10. The van der Waals surface area contributed by atoms with E-state index in [0.717, 1.165) is 28.2 Å². The van der Waals surface area contributed by atoms with E-state index >= 15 is 0 Å². The van der Waals surface area contributed by atoms with Crippen LogP contribution in [-0.2, 0) is 6.61 Å². The molecule has 0 bridgehead atoms. The number of benzene rings is 4. The molecule has 0 saturated heterocycles. The van der Waals surface area contributed by atoms with Gasteiger partial charge >= 0.3 is 0 Å². The second-order valence-electron chi connectivity index (χ2n) is 9.22. The van der Waals surface area contributed by atoms with Crippen LogP contribution in [-0.4, -0.2) is 23.8 Å². The molecule has 4 aromatic carbocycles. The summed E-state index contributed by atoms with van der Waals surface area (Å²) in [6.07, 6.45) is 1.55. The summed E-state index contributed by atoms with van der Waals surface area (Å²) in [4.78, 5) is 12.8. The average Bonchev–Trinajstić information content (AvgIpc) is 3.38. The van der Waals surface area contributed by atoms with Crippen LogP contribution in [0.15, 0.2) is 113 Å². The van der Waals surface area contributed by atoms with Crippen molar-refractivity contribution < 1.29 is 14.3 Å². The minimum atomic E-state index is -0.314. The van der Waals surface area contributed by atoms with Crippen LogP contribution in [0.25, 0.3) is 16.9 Å². The fourth-order valence-corrected chi connectivity index (χ4v) is 5.19. The fraction of sp³-hybridized carbons (Fsp3) is 0.0909. The molecule has 1 heterocycles. The molecule has 0 saturated carbocycles. The number of carbonyl (C=O) groups is 1. The molecule has 5 rings (SSSR count). The van der Waals surface area contributed by atoms with Gasteiger partial charge in [-0.1, -0.05) is 60.1 Å². The minimum absolute atomic E-state index is 0.286. The first-order valence-electron chi connectivity index (χ1n) is 12.9. The normalized spacial score (nSPS) is 11.0. The second-order valence-corrected chi connectivity index (χ2v) is 10.5.